The standard InChI is InChI=1S/C17H30N4O2/c1-13(22)18-5-2-6-19-17(23)21-9-7-20(8-10-21)16-12-14-3-4-15(16)11-14/h14-16H,2-12H2,1H3,(H,18,22)(H,19,23)/t14-,15-,16-/m0/s1. The van der Waals surface area contributed by atoms with Gasteiger partial charge in [0, 0.05) is 52.2 Å². The van der Waals surface area contributed by atoms with Crippen LogP contribution < -0.4 is 10.6 Å². The van der Waals surface area contributed by atoms with Crippen molar-refractivity contribution in [3.63, 3.8) is 0 Å². The van der Waals surface area contributed by atoms with E-state index < -0.39 is 0 Å². The Labute approximate surface area is 139 Å². The molecule has 3 amide bonds. The number of nitrogens with zero attached hydrogens (tertiary/aromatic N) is 2. The van der Waals surface area contributed by atoms with E-state index in [2.05, 4.69) is 15.5 Å². The van der Waals surface area contributed by atoms with Crippen molar-refractivity contribution in [2.45, 2.75) is 45.1 Å². The predicted octanol–water partition coefficient (Wildman–Crippen LogP) is 1.03. The number of rotatable bonds is 5. The van der Waals surface area contributed by atoms with Gasteiger partial charge in [0.15, 0.2) is 0 Å². The van der Waals surface area contributed by atoms with E-state index in [9.17, 15) is 9.59 Å². The van der Waals surface area contributed by atoms with Crippen LogP contribution in [0.4, 0.5) is 4.79 Å². The fourth-order valence-corrected chi connectivity index (χ4v) is 4.57. The molecule has 6 heteroatoms. The molecule has 3 fully saturated rings. The molecule has 0 aromatic carbocycles. The van der Waals surface area contributed by atoms with E-state index >= 15 is 0 Å². The number of amides is 3. The number of fused-ring (bicyclic) bond motifs is 2. The van der Waals surface area contributed by atoms with Gasteiger partial charge in [-0.3, -0.25) is 9.69 Å². The number of piperazine rings is 1. The molecule has 1 saturated heterocycles. The summed E-state index contributed by atoms with van der Waals surface area (Å²) >= 11 is 0. The lowest BCUT2D eigenvalue weighted by molar-refractivity contribution is -0.118. The average Bonchev–Trinajstić information content (AvgIpc) is 3.17. The third kappa shape index (κ3) is 4.16. The van der Waals surface area contributed by atoms with Crippen LogP contribution in [0.1, 0.15) is 39.0 Å². The van der Waals surface area contributed by atoms with Gasteiger partial charge < -0.3 is 15.5 Å². The van der Waals surface area contributed by atoms with Crippen LogP contribution in [0.2, 0.25) is 0 Å². The average molecular weight is 322 g/mol. The summed E-state index contributed by atoms with van der Waals surface area (Å²) in [6, 6.07) is 0.831. The first-order chi connectivity index (χ1) is 11.1. The molecule has 0 aromatic heterocycles. The molecule has 3 aliphatic rings. The van der Waals surface area contributed by atoms with Gasteiger partial charge in [0.2, 0.25) is 5.91 Å². The zero-order chi connectivity index (χ0) is 16.2. The maximum absolute atomic E-state index is 12.2. The Morgan fingerprint density at radius 2 is 1.74 bits per heavy atom. The Kier molecular flexibility index (Phi) is 5.41. The highest BCUT2D eigenvalue weighted by Crippen LogP contribution is 2.46. The van der Waals surface area contributed by atoms with Crippen LogP contribution in [-0.4, -0.2) is 67.0 Å². The highest BCUT2D eigenvalue weighted by Gasteiger charge is 2.42. The normalized spacial score (nSPS) is 30.5. The Hall–Kier alpha value is -1.30. The van der Waals surface area contributed by atoms with Gasteiger partial charge in [-0.25, -0.2) is 4.79 Å². The lowest BCUT2D eigenvalue weighted by Gasteiger charge is -2.41. The van der Waals surface area contributed by atoms with Crippen LogP contribution in [0.3, 0.4) is 0 Å². The fourth-order valence-electron chi connectivity index (χ4n) is 4.57. The van der Waals surface area contributed by atoms with Crippen LogP contribution in [0.5, 0.6) is 0 Å². The van der Waals surface area contributed by atoms with Crippen molar-refractivity contribution < 1.29 is 9.59 Å². The number of carbonyl (C=O) groups excluding carboxylic acids is 2. The van der Waals surface area contributed by atoms with E-state index in [0.29, 0.717) is 13.1 Å². The Morgan fingerprint density at radius 1 is 1.00 bits per heavy atom. The van der Waals surface area contributed by atoms with Crippen LogP contribution in [0, 0.1) is 11.8 Å². The molecular formula is C17H30N4O2. The Morgan fingerprint density at radius 3 is 2.35 bits per heavy atom. The number of hydrogen-bond acceptors (Lipinski definition) is 3. The smallest absolute Gasteiger partial charge is 0.317 e. The first-order valence-corrected chi connectivity index (χ1v) is 9.14. The van der Waals surface area contributed by atoms with Crippen LogP contribution >= 0.6 is 0 Å². The Bertz CT molecular complexity index is 434. The molecule has 2 saturated carbocycles. The third-order valence-corrected chi connectivity index (χ3v) is 5.77. The topological polar surface area (TPSA) is 64.7 Å². The maximum Gasteiger partial charge on any atom is 0.317 e. The van der Waals surface area contributed by atoms with E-state index in [1.165, 1.54) is 32.6 Å². The molecule has 2 bridgehead atoms. The summed E-state index contributed by atoms with van der Waals surface area (Å²) in [7, 11) is 0. The van der Waals surface area contributed by atoms with Gasteiger partial charge in [-0.15, -0.1) is 0 Å². The summed E-state index contributed by atoms with van der Waals surface area (Å²) in [5, 5.41) is 5.69. The quantitative estimate of drug-likeness (QED) is 0.743. The van der Waals surface area contributed by atoms with Crippen LogP contribution in [-0.2, 0) is 4.79 Å². The van der Waals surface area contributed by atoms with Crippen LogP contribution in [0.15, 0.2) is 0 Å². The number of hydrogen-bond donors (Lipinski definition) is 2. The number of nitrogens with one attached hydrogen (secondary N) is 2. The largest absolute Gasteiger partial charge is 0.356 e. The minimum absolute atomic E-state index is 0.0203. The minimum atomic E-state index is -0.0203. The van der Waals surface area contributed by atoms with Gasteiger partial charge in [-0.2, -0.15) is 0 Å². The molecule has 0 radical (unpaired) electrons. The van der Waals surface area contributed by atoms with Gasteiger partial charge in [0.25, 0.3) is 0 Å². The molecule has 3 atom stereocenters. The van der Waals surface area contributed by atoms with Crippen molar-refractivity contribution in [3.8, 4) is 0 Å². The second-order valence-electron chi connectivity index (χ2n) is 7.33. The first kappa shape index (κ1) is 16.6. The molecule has 6 nitrogen and oxygen atoms in total. The monoisotopic (exact) mass is 322 g/mol. The molecule has 2 aliphatic carbocycles. The van der Waals surface area contributed by atoms with E-state index in [1.54, 1.807) is 0 Å². The summed E-state index contributed by atoms with van der Waals surface area (Å²) < 4.78 is 0. The van der Waals surface area contributed by atoms with Crippen molar-refractivity contribution in [1.82, 2.24) is 20.4 Å². The Balaban J connectivity index is 1.32. The van der Waals surface area contributed by atoms with E-state index in [0.717, 1.165) is 50.5 Å². The minimum Gasteiger partial charge on any atom is -0.356 e. The van der Waals surface area contributed by atoms with Gasteiger partial charge >= 0.3 is 6.03 Å². The summed E-state index contributed by atoms with van der Waals surface area (Å²) in [6.45, 7) is 6.46. The molecule has 1 aliphatic heterocycles. The molecule has 0 aromatic rings. The summed E-state index contributed by atoms with van der Waals surface area (Å²) in [4.78, 5) is 27.5. The first-order valence-electron chi connectivity index (χ1n) is 9.14. The van der Waals surface area contributed by atoms with E-state index in [1.807, 2.05) is 4.90 Å². The molecule has 0 spiro atoms. The van der Waals surface area contributed by atoms with E-state index in [4.69, 9.17) is 0 Å². The molecule has 130 valence electrons. The highest BCUT2D eigenvalue weighted by atomic mass is 16.2. The molecule has 1 heterocycles. The molecular weight excluding hydrogens is 292 g/mol. The zero-order valence-corrected chi connectivity index (χ0v) is 14.2. The lowest BCUT2D eigenvalue weighted by Crippen LogP contribution is -2.55. The van der Waals surface area contributed by atoms with Gasteiger partial charge in [-0.05, 0) is 37.5 Å². The molecule has 23 heavy (non-hydrogen) atoms. The van der Waals surface area contributed by atoms with Gasteiger partial charge in [0.05, 0.1) is 0 Å². The third-order valence-electron chi connectivity index (χ3n) is 5.77. The second-order valence-corrected chi connectivity index (χ2v) is 7.33. The predicted molar refractivity (Wildman–Crippen MR) is 89.1 cm³/mol. The summed E-state index contributed by atoms with van der Waals surface area (Å²) in [6.07, 6.45) is 6.47. The van der Waals surface area contributed by atoms with Crippen molar-refractivity contribution >= 4 is 11.9 Å². The maximum atomic E-state index is 12.2. The number of carbonyl (C=O) groups is 2. The zero-order valence-electron chi connectivity index (χ0n) is 14.2. The van der Waals surface area contributed by atoms with Crippen LogP contribution in [0.25, 0.3) is 0 Å². The van der Waals surface area contributed by atoms with Crippen molar-refractivity contribution in [2.24, 2.45) is 11.8 Å². The van der Waals surface area contributed by atoms with Crippen molar-refractivity contribution in [2.75, 3.05) is 39.3 Å². The fraction of sp³-hybridized carbons (Fsp3) is 0.882. The highest BCUT2D eigenvalue weighted by molar-refractivity contribution is 5.74. The summed E-state index contributed by atoms with van der Waals surface area (Å²) in [5.74, 6) is 1.89. The van der Waals surface area contributed by atoms with Crippen molar-refractivity contribution in [3.05, 3.63) is 0 Å². The second kappa shape index (κ2) is 7.51. The van der Waals surface area contributed by atoms with Gasteiger partial charge in [-0.1, -0.05) is 6.42 Å². The lowest BCUT2D eigenvalue weighted by atomic mass is 9.93. The molecule has 3 rings (SSSR count). The molecule has 2 N–H and O–H groups in total. The summed E-state index contributed by atoms with van der Waals surface area (Å²) in [5.41, 5.74) is 0. The SMILES string of the molecule is CC(=O)NCCCNC(=O)N1CCN([C@H]2C[C@H]3CC[C@H]2C3)CC1. The van der Waals surface area contributed by atoms with Crippen molar-refractivity contribution in [1.29, 1.82) is 0 Å². The number of urea groups is 1. The molecule has 0 unspecified atom stereocenters. The van der Waals surface area contributed by atoms with E-state index in [-0.39, 0.29) is 11.9 Å². The van der Waals surface area contributed by atoms with Gasteiger partial charge in [0.1, 0.15) is 0 Å².